The zero-order valence-corrected chi connectivity index (χ0v) is 16.5. The maximum absolute atomic E-state index is 12.3. The molecule has 8 nitrogen and oxygen atoms in total. The van der Waals surface area contributed by atoms with Crippen molar-refractivity contribution in [3.05, 3.63) is 23.8 Å². The molecule has 0 bridgehead atoms. The van der Waals surface area contributed by atoms with Gasteiger partial charge in [0.15, 0.2) is 0 Å². The van der Waals surface area contributed by atoms with E-state index in [4.69, 9.17) is 18.4 Å². The van der Waals surface area contributed by atoms with Crippen molar-refractivity contribution in [2.45, 2.75) is 46.3 Å². The molecule has 0 spiro atoms. The average Bonchev–Trinajstić information content (AvgIpc) is 2.79. The summed E-state index contributed by atoms with van der Waals surface area (Å²) in [6.07, 6.45) is -1.70. The van der Waals surface area contributed by atoms with Crippen LogP contribution in [0.15, 0.2) is 18.2 Å². The predicted molar refractivity (Wildman–Crippen MR) is 94.5 cm³/mol. The minimum absolute atomic E-state index is 0.170. The van der Waals surface area contributed by atoms with Crippen LogP contribution in [0.1, 0.15) is 40.2 Å². The van der Waals surface area contributed by atoms with Crippen LogP contribution >= 0.6 is 0 Å². The van der Waals surface area contributed by atoms with Crippen LogP contribution in [-0.4, -0.2) is 44.9 Å². The molecule has 0 fully saturated rings. The van der Waals surface area contributed by atoms with Gasteiger partial charge < -0.3 is 18.4 Å². The summed E-state index contributed by atoms with van der Waals surface area (Å²) in [7, 11) is -3.88. The molecule has 0 radical (unpaired) electrons. The molecule has 1 aromatic rings. The van der Waals surface area contributed by atoms with Gasteiger partial charge in [0.25, 0.3) is 6.29 Å². The van der Waals surface area contributed by atoms with Gasteiger partial charge in [-0.05, 0) is 39.0 Å². The summed E-state index contributed by atoms with van der Waals surface area (Å²) < 4.78 is 46.7. The highest BCUT2D eigenvalue weighted by Crippen LogP contribution is 2.45. The zero-order valence-electron chi connectivity index (χ0n) is 15.6. The molecular weight excluding hydrogens is 362 g/mol. The van der Waals surface area contributed by atoms with Crippen LogP contribution in [0.2, 0.25) is 0 Å². The number of hydrogen-bond acceptors (Lipinski definition) is 7. The lowest BCUT2D eigenvalue weighted by Crippen LogP contribution is -2.36. The molecule has 1 unspecified atom stereocenters. The number of fused-ring (bicyclic) bond motifs is 1. The SMILES string of the molecule is CCOC(=O)OC1Oc2ccc(OS(=O)(=O)N(CC)CC)cc2C1(C)C. The molecule has 1 heterocycles. The average molecular weight is 387 g/mol. The van der Waals surface area contributed by atoms with Gasteiger partial charge >= 0.3 is 16.5 Å². The lowest BCUT2D eigenvalue weighted by molar-refractivity contribution is -0.0829. The topological polar surface area (TPSA) is 91.4 Å². The van der Waals surface area contributed by atoms with Crippen LogP contribution in [0.3, 0.4) is 0 Å². The molecule has 9 heteroatoms. The lowest BCUT2D eigenvalue weighted by atomic mass is 9.85. The smallest absolute Gasteiger partial charge is 0.453 e. The minimum atomic E-state index is -3.88. The first kappa shape index (κ1) is 20.3. The molecule has 1 atom stereocenters. The van der Waals surface area contributed by atoms with E-state index in [0.717, 1.165) is 0 Å². The van der Waals surface area contributed by atoms with Crippen LogP contribution in [-0.2, 0) is 25.2 Å². The maximum Gasteiger partial charge on any atom is 0.511 e. The van der Waals surface area contributed by atoms with Gasteiger partial charge in [-0.3, -0.25) is 0 Å². The highest BCUT2D eigenvalue weighted by Gasteiger charge is 2.45. The summed E-state index contributed by atoms with van der Waals surface area (Å²) in [4.78, 5) is 11.6. The van der Waals surface area contributed by atoms with Crippen LogP contribution in [0.4, 0.5) is 4.79 Å². The van der Waals surface area contributed by atoms with E-state index in [1.807, 2.05) is 13.8 Å². The highest BCUT2D eigenvalue weighted by atomic mass is 32.2. The first-order valence-electron chi connectivity index (χ1n) is 8.49. The van der Waals surface area contributed by atoms with Gasteiger partial charge in [-0.2, -0.15) is 12.7 Å². The molecule has 26 heavy (non-hydrogen) atoms. The maximum atomic E-state index is 12.3. The zero-order chi connectivity index (χ0) is 19.5. The monoisotopic (exact) mass is 387 g/mol. The van der Waals surface area contributed by atoms with Crippen LogP contribution in [0.25, 0.3) is 0 Å². The summed E-state index contributed by atoms with van der Waals surface area (Å²) in [5.74, 6) is 0.668. The van der Waals surface area contributed by atoms with Crippen molar-refractivity contribution in [2.24, 2.45) is 0 Å². The van der Waals surface area contributed by atoms with Crippen molar-refractivity contribution in [2.75, 3.05) is 19.7 Å². The molecule has 1 aromatic carbocycles. The summed E-state index contributed by atoms with van der Waals surface area (Å²) in [5.41, 5.74) is -0.0282. The second kappa shape index (κ2) is 7.71. The van der Waals surface area contributed by atoms with E-state index in [1.165, 1.54) is 10.4 Å². The molecule has 0 N–H and O–H groups in total. The van der Waals surface area contributed by atoms with Crippen LogP contribution < -0.4 is 8.92 Å². The van der Waals surface area contributed by atoms with E-state index in [-0.39, 0.29) is 12.4 Å². The number of rotatable bonds is 7. The fraction of sp³-hybridized carbons (Fsp3) is 0.588. The van der Waals surface area contributed by atoms with Gasteiger partial charge in [0.2, 0.25) is 0 Å². The molecule has 0 saturated carbocycles. The number of carbonyl (C=O) groups excluding carboxylic acids is 1. The Morgan fingerprint density at radius 3 is 2.46 bits per heavy atom. The fourth-order valence-electron chi connectivity index (χ4n) is 2.68. The van der Waals surface area contributed by atoms with Crippen LogP contribution in [0.5, 0.6) is 11.5 Å². The number of carbonyl (C=O) groups is 1. The number of ether oxygens (including phenoxy) is 3. The summed E-state index contributed by atoms with van der Waals surface area (Å²) in [6.45, 7) is 9.62. The number of hydrogen-bond donors (Lipinski definition) is 0. The number of benzene rings is 1. The van der Waals surface area contributed by atoms with E-state index in [2.05, 4.69) is 0 Å². The van der Waals surface area contributed by atoms with Crippen molar-refractivity contribution >= 4 is 16.5 Å². The summed E-state index contributed by atoms with van der Waals surface area (Å²) in [6, 6.07) is 4.69. The fourth-order valence-corrected chi connectivity index (χ4v) is 3.77. The Morgan fingerprint density at radius 2 is 1.88 bits per heavy atom. The molecular formula is C17H25NO7S. The Kier molecular flexibility index (Phi) is 6.02. The van der Waals surface area contributed by atoms with Crippen molar-refractivity contribution in [3.8, 4) is 11.5 Å². The van der Waals surface area contributed by atoms with Crippen molar-refractivity contribution < 1.29 is 31.6 Å². The normalized spacial score (nSPS) is 18.2. The molecule has 0 aliphatic carbocycles. The summed E-state index contributed by atoms with van der Waals surface area (Å²) in [5, 5.41) is 0. The lowest BCUT2D eigenvalue weighted by Gasteiger charge is -2.25. The quantitative estimate of drug-likeness (QED) is 0.664. The predicted octanol–water partition coefficient (Wildman–Crippen LogP) is 2.82. The molecule has 146 valence electrons. The van der Waals surface area contributed by atoms with E-state index in [0.29, 0.717) is 24.4 Å². The van der Waals surface area contributed by atoms with Gasteiger partial charge in [0.1, 0.15) is 11.5 Å². The van der Waals surface area contributed by atoms with Crippen molar-refractivity contribution in [1.29, 1.82) is 0 Å². The molecule has 1 aliphatic rings. The summed E-state index contributed by atoms with van der Waals surface area (Å²) >= 11 is 0. The third kappa shape index (κ3) is 4.04. The minimum Gasteiger partial charge on any atom is -0.453 e. The Bertz CT molecular complexity index is 756. The third-order valence-electron chi connectivity index (χ3n) is 4.16. The van der Waals surface area contributed by atoms with Gasteiger partial charge in [-0.1, -0.05) is 13.8 Å². The molecule has 0 aromatic heterocycles. The third-order valence-corrected chi connectivity index (χ3v) is 5.71. The van der Waals surface area contributed by atoms with E-state index >= 15 is 0 Å². The second-order valence-electron chi connectivity index (χ2n) is 6.26. The molecule has 2 rings (SSSR count). The van der Waals surface area contributed by atoms with Gasteiger partial charge in [0.05, 0.1) is 12.0 Å². The molecule has 0 amide bonds. The molecule has 0 saturated heterocycles. The Hall–Kier alpha value is -2.00. The Balaban J connectivity index is 2.24. The first-order chi connectivity index (χ1) is 12.2. The van der Waals surface area contributed by atoms with E-state index in [1.54, 1.807) is 32.9 Å². The van der Waals surface area contributed by atoms with E-state index in [9.17, 15) is 13.2 Å². The standard InChI is InChI=1S/C17H25NO7S/c1-6-18(7-2)26(20,21)25-12-9-10-14-13(11-12)17(4,5)15(23-14)24-16(19)22-8-3/h9-11,15H,6-8H2,1-5H3. The van der Waals surface area contributed by atoms with Gasteiger partial charge in [-0.15, -0.1) is 0 Å². The highest BCUT2D eigenvalue weighted by molar-refractivity contribution is 7.84. The Labute approximate surface area is 154 Å². The first-order valence-corrected chi connectivity index (χ1v) is 9.86. The van der Waals surface area contributed by atoms with Crippen LogP contribution in [0, 0.1) is 0 Å². The molecule has 1 aliphatic heterocycles. The van der Waals surface area contributed by atoms with Crippen molar-refractivity contribution in [1.82, 2.24) is 4.31 Å². The van der Waals surface area contributed by atoms with Gasteiger partial charge in [0, 0.05) is 18.7 Å². The Morgan fingerprint density at radius 1 is 1.23 bits per heavy atom. The van der Waals surface area contributed by atoms with Crippen molar-refractivity contribution in [3.63, 3.8) is 0 Å². The van der Waals surface area contributed by atoms with Gasteiger partial charge in [-0.25, -0.2) is 4.79 Å². The second-order valence-corrected chi connectivity index (χ2v) is 7.79. The van der Waals surface area contributed by atoms with E-state index < -0.39 is 28.2 Å². The largest absolute Gasteiger partial charge is 0.511 e. The number of nitrogens with zero attached hydrogens (tertiary/aromatic N) is 1.